The van der Waals surface area contributed by atoms with Gasteiger partial charge >= 0.3 is 11.9 Å². The van der Waals surface area contributed by atoms with Gasteiger partial charge in [0.25, 0.3) is 5.56 Å². The predicted molar refractivity (Wildman–Crippen MR) is 111 cm³/mol. The third-order valence-corrected chi connectivity index (χ3v) is 4.52. The maximum Gasteiger partial charge on any atom is 0.338 e. The van der Waals surface area contributed by atoms with Crippen molar-refractivity contribution in [3.05, 3.63) is 40.3 Å². The van der Waals surface area contributed by atoms with Gasteiger partial charge in [0.05, 0.1) is 17.5 Å². The summed E-state index contributed by atoms with van der Waals surface area (Å²) in [6.07, 6.45) is 3.29. The fourth-order valence-electron chi connectivity index (χ4n) is 2.85. The van der Waals surface area contributed by atoms with E-state index in [0.717, 1.165) is 17.4 Å². The molecule has 0 aliphatic heterocycles. The Hall–Kier alpha value is -3.40. The second-order valence-corrected chi connectivity index (χ2v) is 7.48. The maximum atomic E-state index is 12.8. The second kappa shape index (κ2) is 8.95. The number of rotatable bonds is 9. The summed E-state index contributed by atoms with van der Waals surface area (Å²) in [5.41, 5.74) is 6.55. The van der Waals surface area contributed by atoms with Gasteiger partial charge in [0.1, 0.15) is 13.2 Å². The molecule has 3 rings (SSSR count). The lowest BCUT2D eigenvalue weighted by atomic mass is 10.1. The van der Waals surface area contributed by atoms with Crippen LogP contribution >= 0.6 is 0 Å². The van der Waals surface area contributed by atoms with Crippen molar-refractivity contribution < 1.29 is 19.4 Å². The number of nitrogen functional groups attached to an aromatic ring is 1. The lowest BCUT2D eigenvalue weighted by molar-refractivity contribution is -0.137. The van der Waals surface area contributed by atoms with Gasteiger partial charge in [0, 0.05) is 23.8 Å². The van der Waals surface area contributed by atoms with E-state index in [1.807, 2.05) is 19.0 Å². The topological polar surface area (TPSA) is 140 Å². The lowest BCUT2D eigenvalue weighted by Gasteiger charge is -2.15. The molecule has 1 heterocycles. The normalized spacial score (nSPS) is 13.3. The Morgan fingerprint density at radius 3 is 2.70 bits per heavy atom. The number of carboxylic acid groups (broad SMARTS) is 1. The van der Waals surface area contributed by atoms with Gasteiger partial charge in [-0.1, -0.05) is 0 Å². The van der Waals surface area contributed by atoms with Gasteiger partial charge < -0.3 is 25.8 Å². The zero-order valence-electron chi connectivity index (χ0n) is 16.9. The van der Waals surface area contributed by atoms with Crippen molar-refractivity contribution in [2.75, 3.05) is 38.3 Å². The van der Waals surface area contributed by atoms with Crippen LogP contribution < -0.4 is 16.6 Å². The molecule has 1 aromatic heterocycles. The highest BCUT2D eigenvalue weighted by atomic mass is 16.5. The van der Waals surface area contributed by atoms with E-state index in [9.17, 15) is 19.5 Å². The predicted octanol–water partition coefficient (Wildman–Crippen LogP) is 0.870. The van der Waals surface area contributed by atoms with Crippen LogP contribution in [0.1, 0.15) is 23.2 Å². The molecule has 4 N–H and O–H groups in total. The van der Waals surface area contributed by atoms with Crippen LogP contribution in [0.4, 0.5) is 11.5 Å². The summed E-state index contributed by atoms with van der Waals surface area (Å²) in [5.74, 6) is -1.62. The van der Waals surface area contributed by atoms with E-state index < -0.39 is 24.0 Å². The molecule has 2 aromatic rings. The average Bonchev–Trinajstić information content (AvgIpc) is 3.48. The summed E-state index contributed by atoms with van der Waals surface area (Å²) in [5, 5.41) is 12.3. The van der Waals surface area contributed by atoms with Gasteiger partial charge in [-0.05, 0) is 45.1 Å². The van der Waals surface area contributed by atoms with Crippen LogP contribution in [0, 0.1) is 0 Å². The van der Waals surface area contributed by atoms with Crippen LogP contribution in [0.2, 0.25) is 0 Å². The molecule has 0 saturated heterocycles. The minimum Gasteiger partial charge on any atom is -0.480 e. The number of hydrogen-bond acceptors (Lipinski definition) is 8. The zero-order valence-corrected chi connectivity index (χ0v) is 16.9. The Bertz CT molecular complexity index is 1010. The molecule has 0 atom stereocenters. The standard InChI is InChI=1S/C20H25N5O5/c1-24(2)5-6-30-20(29)13-7-12(8-14(21)9-13)16-10-22-18(23-15-3-4-15)19(28)25(16)11-17(26)27/h7-10,15H,3-6,11,21H2,1-2H3,(H,22,23)(H,26,27). The summed E-state index contributed by atoms with van der Waals surface area (Å²) in [7, 11) is 3.73. The van der Waals surface area contributed by atoms with Crippen molar-refractivity contribution in [1.29, 1.82) is 0 Å². The van der Waals surface area contributed by atoms with Gasteiger partial charge in [-0.2, -0.15) is 0 Å². The summed E-state index contributed by atoms with van der Waals surface area (Å²) < 4.78 is 6.36. The van der Waals surface area contributed by atoms with Crippen LogP contribution in [0.5, 0.6) is 0 Å². The van der Waals surface area contributed by atoms with Gasteiger partial charge in [0.15, 0.2) is 5.82 Å². The lowest BCUT2D eigenvalue weighted by Crippen LogP contribution is -2.29. The molecule has 0 radical (unpaired) electrons. The van der Waals surface area contributed by atoms with E-state index in [1.54, 1.807) is 6.07 Å². The van der Waals surface area contributed by atoms with E-state index in [1.165, 1.54) is 18.3 Å². The van der Waals surface area contributed by atoms with E-state index in [-0.39, 0.29) is 35.4 Å². The van der Waals surface area contributed by atoms with Gasteiger partial charge in [-0.3, -0.25) is 14.2 Å². The highest BCUT2D eigenvalue weighted by molar-refractivity contribution is 5.92. The molecule has 1 aliphatic rings. The van der Waals surface area contributed by atoms with Crippen molar-refractivity contribution in [2.24, 2.45) is 0 Å². The molecular formula is C20H25N5O5. The third-order valence-electron chi connectivity index (χ3n) is 4.52. The number of anilines is 2. The number of ether oxygens (including phenoxy) is 1. The quantitative estimate of drug-likeness (QED) is 0.402. The second-order valence-electron chi connectivity index (χ2n) is 7.48. The molecule has 1 fully saturated rings. The van der Waals surface area contributed by atoms with Gasteiger partial charge in [-0.15, -0.1) is 0 Å². The largest absolute Gasteiger partial charge is 0.480 e. The van der Waals surface area contributed by atoms with Gasteiger partial charge in [0.2, 0.25) is 0 Å². The van der Waals surface area contributed by atoms with Crippen molar-refractivity contribution in [3.8, 4) is 11.3 Å². The Balaban J connectivity index is 1.96. The molecule has 10 heteroatoms. The van der Waals surface area contributed by atoms with E-state index in [0.29, 0.717) is 12.1 Å². The SMILES string of the molecule is CN(C)CCOC(=O)c1cc(N)cc(-c2cnc(NC3CC3)c(=O)n2CC(=O)O)c1. The first kappa shape index (κ1) is 21.3. The van der Waals surface area contributed by atoms with E-state index in [4.69, 9.17) is 10.5 Å². The highest BCUT2D eigenvalue weighted by Gasteiger charge is 2.24. The number of aromatic nitrogens is 2. The van der Waals surface area contributed by atoms with E-state index in [2.05, 4.69) is 10.3 Å². The number of aliphatic carboxylic acids is 1. The first-order valence-corrected chi connectivity index (χ1v) is 9.55. The average molecular weight is 415 g/mol. The molecule has 0 unspecified atom stereocenters. The summed E-state index contributed by atoms with van der Waals surface area (Å²) in [6.45, 7) is 0.231. The van der Waals surface area contributed by atoms with Crippen molar-refractivity contribution in [1.82, 2.24) is 14.5 Å². The number of nitrogens with zero attached hydrogens (tertiary/aromatic N) is 3. The van der Waals surface area contributed by atoms with Crippen LogP contribution in [-0.4, -0.2) is 64.8 Å². The van der Waals surface area contributed by atoms with Gasteiger partial charge in [-0.25, -0.2) is 9.78 Å². The van der Waals surface area contributed by atoms with Crippen molar-refractivity contribution in [2.45, 2.75) is 25.4 Å². The molecule has 1 aliphatic carbocycles. The number of nitrogens with two attached hydrogens (primary N) is 1. The summed E-state index contributed by atoms with van der Waals surface area (Å²) >= 11 is 0. The maximum absolute atomic E-state index is 12.8. The van der Waals surface area contributed by atoms with Crippen LogP contribution in [0.25, 0.3) is 11.3 Å². The summed E-state index contributed by atoms with van der Waals surface area (Å²) in [4.78, 5) is 42.6. The van der Waals surface area contributed by atoms with Crippen LogP contribution in [-0.2, 0) is 16.1 Å². The minimum absolute atomic E-state index is 0.106. The Labute approximate surface area is 173 Å². The molecule has 30 heavy (non-hydrogen) atoms. The first-order chi connectivity index (χ1) is 14.2. The third kappa shape index (κ3) is 5.35. The minimum atomic E-state index is -1.17. The highest BCUT2D eigenvalue weighted by Crippen LogP contribution is 2.25. The Morgan fingerprint density at radius 1 is 1.33 bits per heavy atom. The number of hydrogen-bond donors (Lipinski definition) is 3. The molecule has 1 aromatic carbocycles. The number of likely N-dealkylation sites (N-methyl/N-ethyl adjacent to an activating group) is 1. The number of benzene rings is 1. The number of carbonyl (C=O) groups excluding carboxylic acids is 1. The molecule has 1 saturated carbocycles. The van der Waals surface area contributed by atoms with Crippen molar-refractivity contribution >= 4 is 23.4 Å². The fraction of sp³-hybridized carbons (Fsp3) is 0.400. The number of esters is 1. The molecule has 0 spiro atoms. The Morgan fingerprint density at radius 2 is 2.07 bits per heavy atom. The zero-order chi connectivity index (χ0) is 21.8. The Kier molecular flexibility index (Phi) is 6.36. The molecule has 160 valence electrons. The fourth-order valence-corrected chi connectivity index (χ4v) is 2.85. The molecule has 0 bridgehead atoms. The number of carboxylic acids is 1. The summed E-state index contributed by atoms with van der Waals surface area (Å²) in [6, 6.07) is 4.72. The first-order valence-electron chi connectivity index (χ1n) is 9.55. The van der Waals surface area contributed by atoms with Crippen LogP contribution in [0.15, 0.2) is 29.2 Å². The monoisotopic (exact) mass is 415 g/mol. The smallest absolute Gasteiger partial charge is 0.338 e. The van der Waals surface area contributed by atoms with Crippen molar-refractivity contribution in [3.63, 3.8) is 0 Å². The number of carbonyl (C=O) groups is 2. The molecule has 0 amide bonds. The van der Waals surface area contributed by atoms with Crippen LogP contribution in [0.3, 0.4) is 0 Å². The number of nitrogens with one attached hydrogen (secondary N) is 1. The van der Waals surface area contributed by atoms with E-state index >= 15 is 0 Å². The molecular weight excluding hydrogens is 390 g/mol. The molecule has 10 nitrogen and oxygen atoms in total.